The van der Waals surface area contributed by atoms with Crippen molar-refractivity contribution in [1.82, 2.24) is 4.98 Å². The van der Waals surface area contributed by atoms with E-state index >= 15 is 0 Å². The van der Waals surface area contributed by atoms with Gasteiger partial charge in [-0.25, -0.2) is 4.98 Å². The first-order valence-electron chi connectivity index (χ1n) is 6.80. The SMILES string of the molecule is CC1(C)Cc2c(C#N)c(O)nc(C3CCC3)c2CO1. The van der Waals surface area contributed by atoms with Gasteiger partial charge in [0.15, 0.2) is 0 Å². The summed E-state index contributed by atoms with van der Waals surface area (Å²) in [5.41, 5.74) is 2.97. The Kier molecular flexibility index (Phi) is 2.75. The first-order chi connectivity index (χ1) is 9.02. The highest BCUT2D eigenvalue weighted by Crippen LogP contribution is 2.42. The van der Waals surface area contributed by atoms with Crippen LogP contribution >= 0.6 is 0 Å². The molecule has 1 saturated carbocycles. The molecular weight excluding hydrogens is 240 g/mol. The lowest BCUT2D eigenvalue weighted by Crippen LogP contribution is -2.34. The molecule has 2 heterocycles. The van der Waals surface area contributed by atoms with Crippen molar-refractivity contribution in [3.8, 4) is 11.9 Å². The van der Waals surface area contributed by atoms with Crippen LogP contribution in [0.2, 0.25) is 0 Å². The van der Waals surface area contributed by atoms with E-state index in [9.17, 15) is 10.4 Å². The van der Waals surface area contributed by atoms with Crippen molar-refractivity contribution in [3.05, 3.63) is 22.4 Å². The van der Waals surface area contributed by atoms with Gasteiger partial charge in [-0.05, 0) is 32.3 Å². The number of fused-ring (bicyclic) bond motifs is 1. The van der Waals surface area contributed by atoms with Gasteiger partial charge in [0.05, 0.1) is 17.9 Å². The lowest BCUT2D eigenvalue weighted by atomic mass is 9.78. The van der Waals surface area contributed by atoms with Gasteiger partial charge in [-0.3, -0.25) is 0 Å². The second-order valence-corrected chi connectivity index (χ2v) is 6.12. The highest BCUT2D eigenvalue weighted by atomic mass is 16.5. The maximum atomic E-state index is 10.0. The summed E-state index contributed by atoms with van der Waals surface area (Å²) >= 11 is 0. The number of pyridine rings is 1. The highest BCUT2D eigenvalue weighted by molar-refractivity contribution is 5.52. The Hall–Kier alpha value is -1.60. The zero-order valence-corrected chi connectivity index (χ0v) is 11.4. The smallest absolute Gasteiger partial charge is 0.229 e. The Morgan fingerprint density at radius 2 is 2.11 bits per heavy atom. The molecule has 4 nitrogen and oxygen atoms in total. The monoisotopic (exact) mass is 258 g/mol. The summed E-state index contributed by atoms with van der Waals surface area (Å²) in [6.07, 6.45) is 4.11. The van der Waals surface area contributed by atoms with E-state index in [0.29, 0.717) is 24.5 Å². The number of aromatic hydroxyl groups is 1. The molecule has 0 atom stereocenters. The molecule has 0 radical (unpaired) electrons. The Morgan fingerprint density at radius 1 is 1.37 bits per heavy atom. The molecule has 1 aliphatic heterocycles. The topological polar surface area (TPSA) is 66.1 Å². The van der Waals surface area contributed by atoms with Crippen molar-refractivity contribution in [2.75, 3.05) is 0 Å². The van der Waals surface area contributed by atoms with Gasteiger partial charge in [0.2, 0.25) is 5.88 Å². The molecule has 19 heavy (non-hydrogen) atoms. The van der Waals surface area contributed by atoms with Gasteiger partial charge in [-0.1, -0.05) is 6.42 Å². The molecule has 3 rings (SSSR count). The molecule has 0 amide bonds. The third-order valence-electron chi connectivity index (χ3n) is 4.24. The van der Waals surface area contributed by atoms with Crippen molar-refractivity contribution in [2.24, 2.45) is 0 Å². The number of nitriles is 1. The maximum Gasteiger partial charge on any atom is 0.229 e. The number of hydrogen-bond acceptors (Lipinski definition) is 4. The van der Waals surface area contributed by atoms with Crippen LogP contribution in [0, 0.1) is 11.3 Å². The molecule has 1 fully saturated rings. The quantitative estimate of drug-likeness (QED) is 0.841. The van der Waals surface area contributed by atoms with Gasteiger partial charge < -0.3 is 9.84 Å². The summed E-state index contributed by atoms with van der Waals surface area (Å²) in [6.45, 7) is 4.52. The van der Waals surface area contributed by atoms with Gasteiger partial charge in [0.25, 0.3) is 0 Å². The predicted octanol–water partition coefficient (Wildman–Crippen LogP) is 2.78. The van der Waals surface area contributed by atoms with Gasteiger partial charge >= 0.3 is 0 Å². The summed E-state index contributed by atoms with van der Waals surface area (Å²) in [6, 6.07) is 2.10. The zero-order valence-electron chi connectivity index (χ0n) is 11.4. The third kappa shape index (κ3) is 1.98. The van der Waals surface area contributed by atoms with Crippen LogP contribution in [0.25, 0.3) is 0 Å². The van der Waals surface area contributed by atoms with Gasteiger partial charge in [-0.15, -0.1) is 0 Å². The van der Waals surface area contributed by atoms with Crippen LogP contribution in [0.5, 0.6) is 5.88 Å². The average Bonchev–Trinajstić information content (AvgIpc) is 2.25. The fourth-order valence-corrected chi connectivity index (χ4v) is 2.92. The van der Waals surface area contributed by atoms with Gasteiger partial charge in [-0.2, -0.15) is 5.26 Å². The normalized spacial score (nSPS) is 21.3. The van der Waals surface area contributed by atoms with Crippen molar-refractivity contribution >= 4 is 0 Å². The van der Waals surface area contributed by atoms with Crippen molar-refractivity contribution < 1.29 is 9.84 Å². The predicted molar refractivity (Wildman–Crippen MR) is 69.8 cm³/mol. The summed E-state index contributed by atoms with van der Waals surface area (Å²) in [4.78, 5) is 4.28. The molecule has 0 unspecified atom stereocenters. The lowest BCUT2D eigenvalue weighted by molar-refractivity contribution is -0.0411. The number of nitrogens with zero attached hydrogens (tertiary/aromatic N) is 2. The molecule has 0 bridgehead atoms. The van der Waals surface area contributed by atoms with Gasteiger partial charge in [0.1, 0.15) is 11.6 Å². The molecule has 1 aromatic heterocycles. The van der Waals surface area contributed by atoms with E-state index < -0.39 is 0 Å². The number of aromatic nitrogens is 1. The van der Waals surface area contributed by atoms with E-state index in [1.165, 1.54) is 6.42 Å². The Bertz CT molecular complexity index is 568. The van der Waals surface area contributed by atoms with Crippen LogP contribution in [-0.2, 0) is 17.8 Å². The van der Waals surface area contributed by atoms with E-state index in [2.05, 4.69) is 11.1 Å². The molecule has 0 spiro atoms. The molecule has 1 aliphatic carbocycles. The molecule has 0 aromatic carbocycles. The van der Waals surface area contributed by atoms with Gasteiger partial charge in [0, 0.05) is 17.9 Å². The summed E-state index contributed by atoms with van der Waals surface area (Å²) in [5, 5.41) is 19.3. The van der Waals surface area contributed by atoms with E-state index in [-0.39, 0.29) is 11.5 Å². The average molecular weight is 258 g/mol. The highest BCUT2D eigenvalue weighted by Gasteiger charge is 2.34. The van der Waals surface area contributed by atoms with Crippen LogP contribution in [0.4, 0.5) is 0 Å². The minimum atomic E-state index is -0.288. The number of hydrogen-bond donors (Lipinski definition) is 1. The van der Waals surface area contributed by atoms with Crippen molar-refractivity contribution in [2.45, 2.75) is 57.7 Å². The second kappa shape index (κ2) is 4.21. The largest absolute Gasteiger partial charge is 0.492 e. The van der Waals surface area contributed by atoms with Crippen LogP contribution in [0.1, 0.15) is 61.4 Å². The molecule has 1 N–H and O–H groups in total. The van der Waals surface area contributed by atoms with Crippen LogP contribution in [0.15, 0.2) is 0 Å². The minimum Gasteiger partial charge on any atom is -0.492 e. The minimum absolute atomic E-state index is 0.110. The molecule has 0 saturated heterocycles. The summed E-state index contributed by atoms with van der Waals surface area (Å²) < 4.78 is 5.86. The molecule has 4 heteroatoms. The summed E-state index contributed by atoms with van der Waals surface area (Å²) in [7, 11) is 0. The third-order valence-corrected chi connectivity index (χ3v) is 4.24. The van der Waals surface area contributed by atoms with Crippen LogP contribution in [0.3, 0.4) is 0 Å². The standard InChI is InChI=1S/C15H18N2O2/c1-15(2)6-10-11(7-16)14(18)17-13(9-4-3-5-9)12(10)8-19-15/h9H,3-6,8H2,1-2H3,(H,17,18). The maximum absolute atomic E-state index is 10.0. The Balaban J connectivity index is 2.16. The first kappa shape index (κ1) is 12.4. The van der Waals surface area contributed by atoms with E-state index in [1.54, 1.807) is 0 Å². The van der Waals surface area contributed by atoms with Crippen molar-refractivity contribution in [1.29, 1.82) is 5.26 Å². The Labute approximate surface area is 113 Å². The lowest BCUT2D eigenvalue weighted by Gasteiger charge is -2.35. The summed E-state index contributed by atoms with van der Waals surface area (Å²) in [5.74, 6) is 0.318. The Morgan fingerprint density at radius 3 is 2.68 bits per heavy atom. The van der Waals surface area contributed by atoms with E-state index in [1.807, 2.05) is 13.8 Å². The van der Waals surface area contributed by atoms with Crippen molar-refractivity contribution in [3.63, 3.8) is 0 Å². The molecule has 100 valence electrons. The fraction of sp³-hybridized carbons (Fsp3) is 0.600. The number of rotatable bonds is 1. The first-order valence-corrected chi connectivity index (χ1v) is 6.80. The molecule has 1 aromatic rings. The van der Waals surface area contributed by atoms with E-state index in [0.717, 1.165) is 29.7 Å². The van der Waals surface area contributed by atoms with Crippen LogP contribution < -0.4 is 0 Å². The van der Waals surface area contributed by atoms with E-state index in [4.69, 9.17) is 4.74 Å². The zero-order chi connectivity index (χ0) is 13.6. The molecule has 2 aliphatic rings. The fourth-order valence-electron chi connectivity index (χ4n) is 2.92. The number of ether oxygens (including phenoxy) is 1. The van der Waals surface area contributed by atoms with Crippen LogP contribution in [-0.4, -0.2) is 15.7 Å². The second-order valence-electron chi connectivity index (χ2n) is 6.12. The molecular formula is C15H18N2O2.